The number of amides is 1. The predicted molar refractivity (Wildman–Crippen MR) is 68.5 cm³/mol. The van der Waals surface area contributed by atoms with Crippen LogP contribution in [0.1, 0.15) is 37.6 Å². The first-order chi connectivity index (χ1) is 8.11. The summed E-state index contributed by atoms with van der Waals surface area (Å²) >= 11 is 0. The molecule has 1 aromatic heterocycles. The molecule has 1 heterocycles. The van der Waals surface area contributed by atoms with E-state index < -0.39 is 0 Å². The van der Waals surface area contributed by atoms with Crippen molar-refractivity contribution in [2.75, 3.05) is 12.0 Å². The van der Waals surface area contributed by atoms with Gasteiger partial charge in [0.25, 0.3) is 5.91 Å². The molecule has 0 radical (unpaired) electrons. The lowest BCUT2D eigenvalue weighted by atomic mass is 10.2. The van der Waals surface area contributed by atoms with Crippen molar-refractivity contribution in [1.82, 2.24) is 9.88 Å². The summed E-state index contributed by atoms with van der Waals surface area (Å²) in [5.74, 6) is 5.73. The van der Waals surface area contributed by atoms with Gasteiger partial charge in [-0.2, -0.15) is 0 Å². The summed E-state index contributed by atoms with van der Waals surface area (Å²) < 4.78 is 0. The van der Waals surface area contributed by atoms with E-state index in [4.69, 9.17) is 5.84 Å². The van der Waals surface area contributed by atoms with Gasteiger partial charge >= 0.3 is 0 Å². The van der Waals surface area contributed by atoms with E-state index in [1.807, 2.05) is 25.7 Å². The van der Waals surface area contributed by atoms with E-state index in [2.05, 4.69) is 10.4 Å². The van der Waals surface area contributed by atoms with E-state index >= 15 is 0 Å². The van der Waals surface area contributed by atoms with E-state index in [0.29, 0.717) is 11.4 Å². The Labute approximate surface area is 102 Å². The largest absolute Gasteiger partial charge is 0.336 e. The Morgan fingerprint density at radius 2 is 2.29 bits per heavy atom. The molecule has 0 fully saturated rings. The van der Waals surface area contributed by atoms with Gasteiger partial charge in [-0.05, 0) is 32.4 Å². The number of carbonyl (C=O) groups excluding carboxylic acids is 1. The van der Waals surface area contributed by atoms with Gasteiger partial charge in [0, 0.05) is 18.8 Å². The summed E-state index contributed by atoms with van der Waals surface area (Å²) in [6.45, 7) is 6.78. The first-order valence-electron chi connectivity index (χ1n) is 5.84. The molecule has 0 spiro atoms. The highest BCUT2D eigenvalue weighted by atomic mass is 16.2. The third-order valence-corrected chi connectivity index (χ3v) is 2.52. The minimum atomic E-state index is -0.0390. The number of anilines is 1. The SMILES string of the molecule is CCCN(C(=O)c1cccnc1NN)C(C)C. The first kappa shape index (κ1) is 13.4. The maximum Gasteiger partial charge on any atom is 0.257 e. The maximum absolute atomic E-state index is 12.3. The molecule has 0 saturated heterocycles. The third-order valence-electron chi connectivity index (χ3n) is 2.52. The Bertz CT molecular complexity index is 379. The molecule has 94 valence electrons. The van der Waals surface area contributed by atoms with Crippen molar-refractivity contribution in [3.05, 3.63) is 23.9 Å². The molecule has 1 amide bonds. The zero-order chi connectivity index (χ0) is 12.8. The molecule has 0 atom stereocenters. The van der Waals surface area contributed by atoms with Crippen LogP contribution < -0.4 is 11.3 Å². The smallest absolute Gasteiger partial charge is 0.257 e. The van der Waals surface area contributed by atoms with Crippen LogP contribution in [0.5, 0.6) is 0 Å². The minimum Gasteiger partial charge on any atom is -0.336 e. The molecule has 0 aliphatic carbocycles. The fourth-order valence-electron chi connectivity index (χ4n) is 1.68. The standard InChI is InChI=1S/C12H20N4O/c1-4-8-16(9(2)3)12(17)10-6-5-7-14-11(10)15-13/h5-7,9H,4,8,13H2,1-3H3,(H,14,15). The molecule has 0 saturated carbocycles. The van der Waals surface area contributed by atoms with E-state index in [-0.39, 0.29) is 11.9 Å². The van der Waals surface area contributed by atoms with Gasteiger partial charge in [-0.3, -0.25) is 4.79 Å². The molecule has 0 aliphatic heterocycles. The molecule has 0 bridgehead atoms. The molecule has 0 unspecified atom stereocenters. The Hall–Kier alpha value is -1.62. The lowest BCUT2D eigenvalue weighted by molar-refractivity contribution is 0.0706. The molecule has 17 heavy (non-hydrogen) atoms. The first-order valence-corrected chi connectivity index (χ1v) is 5.84. The highest BCUT2D eigenvalue weighted by Crippen LogP contribution is 2.15. The van der Waals surface area contributed by atoms with Crippen LogP contribution in [0.15, 0.2) is 18.3 Å². The van der Waals surface area contributed by atoms with Crippen molar-refractivity contribution in [3.8, 4) is 0 Å². The van der Waals surface area contributed by atoms with Gasteiger partial charge in [0.15, 0.2) is 5.82 Å². The van der Waals surface area contributed by atoms with Crippen LogP contribution in [0.4, 0.5) is 5.82 Å². The van der Waals surface area contributed by atoms with Crippen molar-refractivity contribution in [1.29, 1.82) is 0 Å². The van der Waals surface area contributed by atoms with Gasteiger partial charge in [-0.15, -0.1) is 0 Å². The van der Waals surface area contributed by atoms with Gasteiger partial charge in [-0.1, -0.05) is 6.92 Å². The number of nitrogen functional groups attached to an aromatic ring is 1. The van der Waals surface area contributed by atoms with Gasteiger partial charge in [-0.25, -0.2) is 10.8 Å². The van der Waals surface area contributed by atoms with Crippen molar-refractivity contribution < 1.29 is 4.79 Å². The van der Waals surface area contributed by atoms with Crippen LogP contribution in [0, 0.1) is 0 Å². The van der Waals surface area contributed by atoms with Crippen molar-refractivity contribution in [2.24, 2.45) is 5.84 Å². The quantitative estimate of drug-likeness (QED) is 0.602. The Morgan fingerprint density at radius 3 is 2.82 bits per heavy atom. The van der Waals surface area contributed by atoms with Gasteiger partial charge in [0.1, 0.15) is 0 Å². The summed E-state index contributed by atoms with van der Waals surface area (Å²) in [5, 5.41) is 0. The molecule has 0 aliphatic rings. The van der Waals surface area contributed by atoms with Crippen LogP contribution in [-0.4, -0.2) is 28.4 Å². The number of nitrogens with one attached hydrogen (secondary N) is 1. The Balaban J connectivity index is 3.00. The lowest BCUT2D eigenvalue weighted by Crippen LogP contribution is -2.38. The van der Waals surface area contributed by atoms with Gasteiger partial charge < -0.3 is 10.3 Å². The van der Waals surface area contributed by atoms with Gasteiger partial charge in [0.05, 0.1) is 5.56 Å². The summed E-state index contributed by atoms with van der Waals surface area (Å²) in [6, 6.07) is 3.63. The zero-order valence-electron chi connectivity index (χ0n) is 10.6. The number of pyridine rings is 1. The second kappa shape index (κ2) is 6.20. The van der Waals surface area contributed by atoms with Crippen LogP contribution in [-0.2, 0) is 0 Å². The average Bonchev–Trinajstić information content (AvgIpc) is 2.34. The topological polar surface area (TPSA) is 71.2 Å². The Kier molecular flexibility index (Phi) is 4.90. The minimum absolute atomic E-state index is 0.0390. The number of nitrogens with two attached hydrogens (primary N) is 1. The molecule has 1 rings (SSSR count). The molecule has 0 aromatic carbocycles. The van der Waals surface area contributed by atoms with E-state index in [1.165, 1.54) is 0 Å². The fraction of sp³-hybridized carbons (Fsp3) is 0.500. The number of aromatic nitrogens is 1. The van der Waals surface area contributed by atoms with Crippen molar-refractivity contribution >= 4 is 11.7 Å². The van der Waals surface area contributed by atoms with Crippen molar-refractivity contribution in [2.45, 2.75) is 33.2 Å². The van der Waals surface area contributed by atoms with Crippen LogP contribution >= 0.6 is 0 Å². The number of hydrazine groups is 1. The number of carbonyl (C=O) groups is 1. The van der Waals surface area contributed by atoms with Gasteiger partial charge in [0.2, 0.25) is 0 Å². The lowest BCUT2D eigenvalue weighted by Gasteiger charge is -2.26. The second-order valence-electron chi connectivity index (χ2n) is 4.14. The number of nitrogens with zero attached hydrogens (tertiary/aromatic N) is 2. The number of hydrogen-bond acceptors (Lipinski definition) is 4. The molecule has 3 N–H and O–H groups in total. The zero-order valence-corrected chi connectivity index (χ0v) is 10.6. The Morgan fingerprint density at radius 1 is 1.59 bits per heavy atom. The molecule has 1 aromatic rings. The summed E-state index contributed by atoms with van der Waals surface area (Å²) in [4.78, 5) is 18.2. The summed E-state index contributed by atoms with van der Waals surface area (Å²) in [5.41, 5.74) is 2.97. The monoisotopic (exact) mass is 236 g/mol. The molecule has 5 heteroatoms. The van der Waals surface area contributed by atoms with Crippen LogP contribution in [0.2, 0.25) is 0 Å². The average molecular weight is 236 g/mol. The fourth-order valence-corrected chi connectivity index (χ4v) is 1.68. The second-order valence-corrected chi connectivity index (χ2v) is 4.14. The van der Waals surface area contributed by atoms with E-state index in [0.717, 1.165) is 13.0 Å². The van der Waals surface area contributed by atoms with Crippen molar-refractivity contribution in [3.63, 3.8) is 0 Å². The maximum atomic E-state index is 12.3. The van der Waals surface area contributed by atoms with Crippen LogP contribution in [0.3, 0.4) is 0 Å². The van der Waals surface area contributed by atoms with E-state index in [9.17, 15) is 4.79 Å². The summed E-state index contributed by atoms with van der Waals surface area (Å²) in [6.07, 6.45) is 2.53. The van der Waals surface area contributed by atoms with E-state index in [1.54, 1.807) is 18.3 Å². The molecular formula is C12H20N4O. The highest BCUT2D eigenvalue weighted by molar-refractivity contribution is 5.98. The third kappa shape index (κ3) is 3.17. The predicted octanol–water partition coefficient (Wildman–Crippen LogP) is 1.63. The summed E-state index contributed by atoms with van der Waals surface area (Å²) in [7, 11) is 0. The molecular weight excluding hydrogens is 216 g/mol. The van der Waals surface area contributed by atoms with Crippen LogP contribution in [0.25, 0.3) is 0 Å². The normalized spacial score (nSPS) is 10.4. The highest BCUT2D eigenvalue weighted by Gasteiger charge is 2.20. The number of rotatable bonds is 5. The number of hydrogen-bond donors (Lipinski definition) is 2. The molecule has 5 nitrogen and oxygen atoms in total.